The van der Waals surface area contributed by atoms with Crippen molar-refractivity contribution in [2.24, 2.45) is 5.10 Å². The number of alkyl halides is 3. The van der Waals surface area contributed by atoms with Crippen LogP contribution in [-0.4, -0.2) is 18.3 Å². The summed E-state index contributed by atoms with van der Waals surface area (Å²) in [5.74, 6) is 0.746. The monoisotopic (exact) mass is 377 g/mol. The van der Waals surface area contributed by atoms with E-state index in [4.69, 9.17) is 4.74 Å². The van der Waals surface area contributed by atoms with Crippen molar-refractivity contribution in [2.75, 3.05) is 12.5 Å². The second kappa shape index (κ2) is 7.57. The standard InChI is InChI=1S/C18H14F3N3OS/c1-25-14-8-6-12(7-9-14)16-11-26-17(23-16)24-22-10-13-4-2-3-5-15(13)18(19,20)21/h2-11H,1H3,(H,23,24)/b22-10-. The van der Waals surface area contributed by atoms with E-state index in [2.05, 4.69) is 15.5 Å². The van der Waals surface area contributed by atoms with E-state index in [1.54, 1.807) is 7.11 Å². The molecule has 134 valence electrons. The lowest BCUT2D eigenvalue weighted by atomic mass is 10.1. The molecule has 3 aromatic rings. The molecule has 3 rings (SSSR count). The topological polar surface area (TPSA) is 46.5 Å². The summed E-state index contributed by atoms with van der Waals surface area (Å²) >= 11 is 1.31. The third kappa shape index (κ3) is 4.20. The molecule has 1 N–H and O–H groups in total. The van der Waals surface area contributed by atoms with Crippen molar-refractivity contribution in [1.82, 2.24) is 4.98 Å². The molecule has 0 saturated heterocycles. The average Bonchev–Trinajstić information content (AvgIpc) is 3.10. The van der Waals surface area contributed by atoms with Crippen molar-refractivity contribution in [1.29, 1.82) is 0 Å². The van der Waals surface area contributed by atoms with E-state index in [1.165, 1.54) is 29.5 Å². The Bertz CT molecular complexity index is 905. The van der Waals surface area contributed by atoms with Gasteiger partial charge in [0.25, 0.3) is 0 Å². The molecule has 0 bridgehead atoms. The lowest BCUT2D eigenvalue weighted by molar-refractivity contribution is -0.137. The van der Waals surface area contributed by atoms with Gasteiger partial charge in [0, 0.05) is 16.5 Å². The van der Waals surface area contributed by atoms with E-state index >= 15 is 0 Å². The second-order valence-corrected chi connectivity index (χ2v) is 6.08. The van der Waals surface area contributed by atoms with Crippen LogP contribution in [0.15, 0.2) is 59.0 Å². The van der Waals surface area contributed by atoms with Crippen LogP contribution in [0.4, 0.5) is 18.3 Å². The molecule has 0 unspecified atom stereocenters. The number of benzene rings is 2. The molecule has 2 aromatic carbocycles. The quantitative estimate of drug-likeness (QED) is 0.486. The SMILES string of the molecule is COc1ccc(-c2csc(N/N=C\c3ccccc3C(F)(F)F)n2)cc1. The highest BCUT2D eigenvalue weighted by molar-refractivity contribution is 7.14. The maximum atomic E-state index is 12.9. The lowest BCUT2D eigenvalue weighted by Crippen LogP contribution is -2.08. The van der Waals surface area contributed by atoms with Gasteiger partial charge in [-0.15, -0.1) is 11.3 Å². The first-order chi connectivity index (χ1) is 12.5. The molecular weight excluding hydrogens is 363 g/mol. The van der Waals surface area contributed by atoms with Gasteiger partial charge in [0.2, 0.25) is 5.13 Å². The van der Waals surface area contributed by atoms with E-state index in [0.717, 1.165) is 29.3 Å². The normalized spacial score (nSPS) is 11.7. The predicted octanol–water partition coefficient (Wildman–Crippen LogP) is 5.28. The van der Waals surface area contributed by atoms with Crippen molar-refractivity contribution in [2.45, 2.75) is 6.18 Å². The van der Waals surface area contributed by atoms with Crippen LogP contribution in [-0.2, 0) is 6.18 Å². The zero-order valence-corrected chi connectivity index (χ0v) is 14.4. The van der Waals surface area contributed by atoms with Crippen molar-refractivity contribution in [3.8, 4) is 17.0 Å². The fourth-order valence-electron chi connectivity index (χ4n) is 2.24. The van der Waals surface area contributed by atoms with Gasteiger partial charge in [0.15, 0.2) is 0 Å². The molecule has 1 aromatic heterocycles. The molecule has 0 fully saturated rings. The van der Waals surface area contributed by atoms with Crippen LogP contribution >= 0.6 is 11.3 Å². The van der Waals surface area contributed by atoms with Crippen LogP contribution in [0, 0.1) is 0 Å². The molecule has 0 amide bonds. The van der Waals surface area contributed by atoms with Gasteiger partial charge < -0.3 is 4.74 Å². The first-order valence-electron chi connectivity index (χ1n) is 7.52. The number of thiazole rings is 1. The van der Waals surface area contributed by atoms with Crippen LogP contribution in [0.5, 0.6) is 5.75 Å². The fraction of sp³-hybridized carbons (Fsp3) is 0.111. The first-order valence-corrected chi connectivity index (χ1v) is 8.40. The van der Waals surface area contributed by atoms with E-state index in [-0.39, 0.29) is 5.56 Å². The maximum Gasteiger partial charge on any atom is 0.417 e. The summed E-state index contributed by atoms with van der Waals surface area (Å²) in [5.41, 5.74) is 3.57. The summed E-state index contributed by atoms with van der Waals surface area (Å²) in [6, 6.07) is 12.7. The lowest BCUT2D eigenvalue weighted by Gasteiger charge is -2.08. The Morgan fingerprint density at radius 3 is 2.54 bits per heavy atom. The minimum Gasteiger partial charge on any atom is -0.497 e. The largest absolute Gasteiger partial charge is 0.497 e. The highest BCUT2D eigenvalue weighted by Crippen LogP contribution is 2.31. The molecule has 0 radical (unpaired) electrons. The average molecular weight is 377 g/mol. The Labute approximate surface area is 152 Å². The molecule has 0 aliphatic rings. The molecule has 8 heteroatoms. The number of ether oxygens (including phenoxy) is 1. The van der Waals surface area contributed by atoms with E-state index in [0.29, 0.717) is 5.13 Å². The number of hydrogen-bond acceptors (Lipinski definition) is 5. The third-order valence-electron chi connectivity index (χ3n) is 3.52. The van der Waals surface area contributed by atoms with Crippen molar-refractivity contribution in [3.05, 3.63) is 65.0 Å². The third-order valence-corrected chi connectivity index (χ3v) is 4.27. The Morgan fingerprint density at radius 2 is 1.85 bits per heavy atom. The number of nitrogens with zero attached hydrogens (tertiary/aromatic N) is 2. The highest BCUT2D eigenvalue weighted by atomic mass is 32.1. The number of hydrogen-bond donors (Lipinski definition) is 1. The van der Waals surface area contributed by atoms with Gasteiger partial charge in [0.1, 0.15) is 5.75 Å². The van der Waals surface area contributed by atoms with E-state index in [9.17, 15) is 13.2 Å². The van der Waals surface area contributed by atoms with Crippen molar-refractivity contribution in [3.63, 3.8) is 0 Å². The summed E-state index contributed by atoms with van der Waals surface area (Å²) in [6.07, 6.45) is -3.29. The number of hydrazone groups is 1. The Kier molecular flexibility index (Phi) is 5.22. The maximum absolute atomic E-state index is 12.9. The van der Waals surface area contributed by atoms with Crippen LogP contribution in [0.25, 0.3) is 11.3 Å². The summed E-state index contributed by atoms with van der Waals surface area (Å²) < 4.78 is 43.9. The molecule has 0 aliphatic heterocycles. The Balaban J connectivity index is 1.71. The minimum absolute atomic E-state index is 0.0144. The number of nitrogens with one attached hydrogen (secondary N) is 1. The summed E-state index contributed by atoms with van der Waals surface area (Å²) in [6.45, 7) is 0. The van der Waals surface area contributed by atoms with Gasteiger partial charge >= 0.3 is 6.18 Å². The predicted molar refractivity (Wildman–Crippen MR) is 96.8 cm³/mol. The van der Waals surface area contributed by atoms with Crippen LogP contribution < -0.4 is 10.2 Å². The molecule has 0 saturated carbocycles. The number of rotatable bonds is 5. The van der Waals surface area contributed by atoms with E-state index in [1.807, 2.05) is 29.6 Å². The van der Waals surface area contributed by atoms with Crippen LogP contribution in [0.3, 0.4) is 0 Å². The van der Waals surface area contributed by atoms with Crippen molar-refractivity contribution >= 4 is 22.7 Å². The van der Waals surface area contributed by atoms with Gasteiger partial charge in [-0.2, -0.15) is 18.3 Å². The Hall–Kier alpha value is -2.87. The van der Waals surface area contributed by atoms with Gasteiger partial charge in [0.05, 0.1) is 24.6 Å². The van der Waals surface area contributed by atoms with Gasteiger partial charge in [-0.1, -0.05) is 18.2 Å². The van der Waals surface area contributed by atoms with Crippen molar-refractivity contribution < 1.29 is 17.9 Å². The molecule has 4 nitrogen and oxygen atoms in total. The zero-order valence-electron chi connectivity index (χ0n) is 13.6. The molecule has 0 atom stereocenters. The van der Waals surface area contributed by atoms with Crippen LogP contribution in [0.2, 0.25) is 0 Å². The van der Waals surface area contributed by atoms with Gasteiger partial charge in [-0.3, -0.25) is 5.43 Å². The van der Waals surface area contributed by atoms with Crippen LogP contribution in [0.1, 0.15) is 11.1 Å². The number of methoxy groups -OCH3 is 1. The summed E-state index contributed by atoms with van der Waals surface area (Å²) in [5, 5.41) is 6.19. The zero-order chi connectivity index (χ0) is 18.6. The number of aromatic nitrogens is 1. The molecule has 1 heterocycles. The minimum atomic E-state index is -4.43. The van der Waals surface area contributed by atoms with E-state index < -0.39 is 11.7 Å². The highest BCUT2D eigenvalue weighted by Gasteiger charge is 2.32. The fourth-order valence-corrected chi connectivity index (χ4v) is 2.91. The van der Waals surface area contributed by atoms with Gasteiger partial charge in [-0.05, 0) is 30.3 Å². The smallest absolute Gasteiger partial charge is 0.417 e. The number of anilines is 1. The first kappa shape index (κ1) is 17.9. The molecule has 26 heavy (non-hydrogen) atoms. The molecule has 0 spiro atoms. The van der Waals surface area contributed by atoms with Gasteiger partial charge in [-0.25, -0.2) is 4.98 Å². The number of halogens is 3. The molecule has 0 aliphatic carbocycles. The Morgan fingerprint density at radius 1 is 1.12 bits per heavy atom. The second-order valence-electron chi connectivity index (χ2n) is 5.22. The summed E-state index contributed by atoms with van der Waals surface area (Å²) in [4.78, 5) is 4.37. The molecular formula is C18H14F3N3OS. The summed E-state index contributed by atoms with van der Waals surface area (Å²) in [7, 11) is 1.59.